The lowest BCUT2D eigenvalue weighted by molar-refractivity contribution is -0.125. The van der Waals surface area contributed by atoms with Gasteiger partial charge in [-0.1, -0.05) is 19.9 Å². The molecule has 2 saturated heterocycles. The zero-order chi connectivity index (χ0) is 18.5. The summed E-state index contributed by atoms with van der Waals surface area (Å²) in [6.45, 7) is 7.95. The molecule has 142 valence electrons. The lowest BCUT2D eigenvalue weighted by atomic mass is 10.1. The Bertz CT molecular complexity index is 619. The molecule has 2 amide bonds. The normalized spacial score (nSPS) is 23.6. The predicted octanol–water partition coefficient (Wildman–Crippen LogP) is 1.92. The number of carbonyl (C=O) groups excluding carboxylic acids is 2. The molecule has 0 aromatic carbocycles. The molecule has 3 heterocycles. The van der Waals surface area contributed by atoms with E-state index in [1.165, 1.54) is 6.42 Å². The van der Waals surface area contributed by atoms with Gasteiger partial charge < -0.3 is 10.2 Å². The fourth-order valence-corrected chi connectivity index (χ4v) is 4.09. The summed E-state index contributed by atoms with van der Waals surface area (Å²) in [5.74, 6) is 0.460. The first kappa shape index (κ1) is 18.8. The van der Waals surface area contributed by atoms with Crippen LogP contribution in [0.5, 0.6) is 0 Å². The summed E-state index contributed by atoms with van der Waals surface area (Å²) in [6, 6.07) is 5.34. The SMILES string of the molecule is CC(C)CN1CCC[C@@H]1CNC(=O)[C@@H]1CCCN1C(=O)c1ccccn1. The number of nitrogens with one attached hydrogen (secondary N) is 1. The van der Waals surface area contributed by atoms with Gasteiger partial charge in [0.25, 0.3) is 5.91 Å². The molecular weight excluding hydrogens is 328 g/mol. The average molecular weight is 358 g/mol. The molecule has 3 rings (SSSR count). The van der Waals surface area contributed by atoms with Crippen LogP contribution in [0.1, 0.15) is 50.0 Å². The first-order valence-corrected chi connectivity index (χ1v) is 9.80. The summed E-state index contributed by atoms with van der Waals surface area (Å²) in [5, 5.41) is 3.11. The summed E-state index contributed by atoms with van der Waals surface area (Å²) >= 11 is 0. The highest BCUT2D eigenvalue weighted by molar-refractivity contribution is 5.96. The lowest BCUT2D eigenvalue weighted by Gasteiger charge is -2.28. The minimum Gasteiger partial charge on any atom is -0.353 e. The average Bonchev–Trinajstić information content (AvgIpc) is 3.29. The zero-order valence-corrected chi connectivity index (χ0v) is 15.9. The second kappa shape index (κ2) is 8.62. The maximum Gasteiger partial charge on any atom is 0.273 e. The van der Waals surface area contributed by atoms with Crippen molar-refractivity contribution >= 4 is 11.8 Å². The van der Waals surface area contributed by atoms with Crippen LogP contribution in [0.25, 0.3) is 0 Å². The topological polar surface area (TPSA) is 65.5 Å². The molecule has 2 fully saturated rings. The van der Waals surface area contributed by atoms with Crippen molar-refractivity contribution in [2.45, 2.75) is 51.6 Å². The highest BCUT2D eigenvalue weighted by Gasteiger charge is 2.35. The van der Waals surface area contributed by atoms with Gasteiger partial charge in [0, 0.05) is 31.9 Å². The van der Waals surface area contributed by atoms with Gasteiger partial charge in [-0.15, -0.1) is 0 Å². The number of hydrogen-bond donors (Lipinski definition) is 1. The molecule has 1 aromatic heterocycles. The Morgan fingerprint density at radius 1 is 1.23 bits per heavy atom. The number of amides is 2. The Balaban J connectivity index is 1.56. The van der Waals surface area contributed by atoms with E-state index in [2.05, 4.69) is 29.0 Å². The van der Waals surface area contributed by atoms with E-state index in [9.17, 15) is 9.59 Å². The molecule has 0 bridgehead atoms. The Hall–Kier alpha value is -1.95. The molecule has 0 spiro atoms. The van der Waals surface area contributed by atoms with Crippen LogP contribution >= 0.6 is 0 Å². The minimum absolute atomic E-state index is 0.0248. The van der Waals surface area contributed by atoms with Gasteiger partial charge in [-0.3, -0.25) is 19.5 Å². The van der Waals surface area contributed by atoms with E-state index in [4.69, 9.17) is 0 Å². The van der Waals surface area contributed by atoms with Gasteiger partial charge in [0.05, 0.1) is 0 Å². The molecule has 26 heavy (non-hydrogen) atoms. The van der Waals surface area contributed by atoms with Crippen molar-refractivity contribution < 1.29 is 9.59 Å². The van der Waals surface area contributed by atoms with Crippen LogP contribution in [0.3, 0.4) is 0 Å². The van der Waals surface area contributed by atoms with Crippen LogP contribution < -0.4 is 5.32 Å². The third-order valence-corrected chi connectivity index (χ3v) is 5.31. The number of hydrogen-bond acceptors (Lipinski definition) is 4. The van der Waals surface area contributed by atoms with Crippen LogP contribution in [0.4, 0.5) is 0 Å². The highest BCUT2D eigenvalue weighted by Crippen LogP contribution is 2.21. The molecule has 2 atom stereocenters. The molecule has 6 nitrogen and oxygen atoms in total. The Morgan fingerprint density at radius 3 is 2.77 bits per heavy atom. The molecule has 1 N–H and O–H groups in total. The van der Waals surface area contributed by atoms with E-state index < -0.39 is 0 Å². The van der Waals surface area contributed by atoms with E-state index in [1.54, 1.807) is 29.3 Å². The molecular formula is C20H30N4O2. The largest absolute Gasteiger partial charge is 0.353 e. The number of likely N-dealkylation sites (tertiary alicyclic amines) is 2. The summed E-state index contributed by atoms with van der Waals surface area (Å²) < 4.78 is 0. The van der Waals surface area contributed by atoms with Crippen molar-refractivity contribution in [3.05, 3.63) is 30.1 Å². The van der Waals surface area contributed by atoms with Gasteiger partial charge in [-0.2, -0.15) is 0 Å². The number of rotatable bonds is 6. The van der Waals surface area contributed by atoms with Crippen LogP contribution in [-0.4, -0.2) is 64.9 Å². The number of aromatic nitrogens is 1. The molecule has 0 aliphatic carbocycles. The molecule has 6 heteroatoms. The van der Waals surface area contributed by atoms with E-state index >= 15 is 0 Å². The van der Waals surface area contributed by atoms with Crippen LogP contribution in [0.2, 0.25) is 0 Å². The van der Waals surface area contributed by atoms with Gasteiger partial charge in [0.1, 0.15) is 11.7 Å². The second-order valence-electron chi connectivity index (χ2n) is 7.80. The van der Waals surface area contributed by atoms with Crippen LogP contribution in [0, 0.1) is 5.92 Å². The standard InChI is InChI=1S/C20H30N4O2/c1-15(2)14-23-11-5-7-16(23)13-22-19(25)18-9-6-12-24(18)20(26)17-8-3-4-10-21-17/h3-4,8,10,15-16,18H,5-7,9,11-14H2,1-2H3,(H,22,25)/t16-,18+/m1/s1. The fourth-order valence-electron chi connectivity index (χ4n) is 4.09. The molecule has 2 aliphatic heterocycles. The number of carbonyl (C=O) groups is 2. The Labute approximate surface area is 156 Å². The third-order valence-electron chi connectivity index (χ3n) is 5.31. The van der Waals surface area contributed by atoms with E-state index in [-0.39, 0.29) is 17.9 Å². The van der Waals surface area contributed by atoms with Crippen molar-refractivity contribution in [2.75, 3.05) is 26.2 Å². The minimum atomic E-state index is -0.371. The van der Waals surface area contributed by atoms with E-state index in [0.29, 0.717) is 30.7 Å². The van der Waals surface area contributed by atoms with Gasteiger partial charge in [-0.05, 0) is 50.3 Å². The summed E-state index contributed by atoms with van der Waals surface area (Å²) in [4.78, 5) is 33.7. The van der Waals surface area contributed by atoms with Gasteiger partial charge in [0.15, 0.2) is 0 Å². The summed E-state index contributed by atoms with van der Waals surface area (Å²) in [6.07, 6.45) is 5.53. The molecule has 1 aromatic rings. The zero-order valence-electron chi connectivity index (χ0n) is 15.9. The van der Waals surface area contributed by atoms with Gasteiger partial charge in [-0.25, -0.2) is 0 Å². The molecule has 0 radical (unpaired) electrons. The smallest absolute Gasteiger partial charge is 0.273 e. The third kappa shape index (κ3) is 4.41. The first-order chi connectivity index (χ1) is 12.6. The van der Waals surface area contributed by atoms with Crippen LogP contribution in [-0.2, 0) is 4.79 Å². The molecule has 0 unspecified atom stereocenters. The predicted molar refractivity (Wildman–Crippen MR) is 101 cm³/mol. The number of pyridine rings is 1. The monoisotopic (exact) mass is 358 g/mol. The quantitative estimate of drug-likeness (QED) is 0.844. The maximum atomic E-state index is 12.7. The number of nitrogens with zero attached hydrogens (tertiary/aromatic N) is 3. The lowest BCUT2D eigenvalue weighted by Crippen LogP contribution is -2.49. The maximum absolute atomic E-state index is 12.7. The highest BCUT2D eigenvalue weighted by atomic mass is 16.2. The van der Waals surface area contributed by atoms with E-state index in [1.807, 2.05) is 0 Å². The summed E-state index contributed by atoms with van der Waals surface area (Å²) in [5.41, 5.74) is 0.408. The summed E-state index contributed by atoms with van der Waals surface area (Å²) in [7, 11) is 0. The molecule has 2 aliphatic rings. The second-order valence-corrected chi connectivity index (χ2v) is 7.80. The van der Waals surface area contributed by atoms with Crippen LogP contribution in [0.15, 0.2) is 24.4 Å². The van der Waals surface area contributed by atoms with Crippen molar-refractivity contribution in [1.29, 1.82) is 0 Å². The molecule has 0 saturated carbocycles. The van der Waals surface area contributed by atoms with E-state index in [0.717, 1.165) is 32.4 Å². The fraction of sp³-hybridized carbons (Fsp3) is 0.650. The Kier molecular flexibility index (Phi) is 6.25. The van der Waals surface area contributed by atoms with Gasteiger partial charge >= 0.3 is 0 Å². The van der Waals surface area contributed by atoms with Crippen molar-refractivity contribution in [3.63, 3.8) is 0 Å². The van der Waals surface area contributed by atoms with Crippen molar-refractivity contribution in [3.8, 4) is 0 Å². The Morgan fingerprint density at radius 2 is 2.04 bits per heavy atom. The van der Waals surface area contributed by atoms with Crippen molar-refractivity contribution in [1.82, 2.24) is 20.1 Å². The first-order valence-electron chi connectivity index (χ1n) is 9.80. The van der Waals surface area contributed by atoms with Gasteiger partial charge in [0.2, 0.25) is 5.91 Å². The van der Waals surface area contributed by atoms with Crippen molar-refractivity contribution in [2.24, 2.45) is 5.92 Å².